The highest BCUT2D eigenvalue weighted by atomic mass is 79.9. The minimum absolute atomic E-state index is 0.0281. The van der Waals surface area contributed by atoms with Gasteiger partial charge in [-0.2, -0.15) is 0 Å². The van der Waals surface area contributed by atoms with Crippen molar-refractivity contribution in [2.75, 3.05) is 11.9 Å². The lowest BCUT2D eigenvalue weighted by molar-refractivity contribution is -0.385. The zero-order valence-corrected chi connectivity index (χ0v) is 13.6. The number of anilines is 1. The van der Waals surface area contributed by atoms with Crippen LogP contribution in [0, 0.1) is 10.1 Å². The molecule has 2 rings (SSSR count). The molecule has 8 heteroatoms. The third-order valence-electron chi connectivity index (χ3n) is 2.33. The molecule has 0 saturated carbocycles. The zero-order valence-electron chi connectivity index (χ0n) is 9.60. The summed E-state index contributed by atoms with van der Waals surface area (Å²) < 4.78 is 1.70. The second kappa shape index (κ2) is 6.44. The van der Waals surface area contributed by atoms with E-state index in [0.717, 1.165) is 16.8 Å². The van der Waals surface area contributed by atoms with Gasteiger partial charge in [0.1, 0.15) is 12.0 Å². The van der Waals surface area contributed by atoms with Crippen LogP contribution in [0.1, 0.15) is 4.88 Å². The average molecular weight is 407 g/mol. The molecule has 0 spiro atoms. The van der Waals surface area contributed by atoms with E-state index in [1.54, 1.807) is 11.3 Å². The Hall–Kier alpha value is -0.990. The first-order valence-corrected chi connectivity index (χ1v) is 7.74. The molecular weight excluding hydrogens is 398 g/mol. The number of halogens is 2. The maximum absolute atomic E-state index is 10.6. The van der Waals surface area contributed by atoms with E-state index < -0.39 is 4.92 Å². The molecule has 5 nitrogen and oxygen atoms in total. The van der Waals surface area contributed by atoms with Crippen molar-refractivity contribution >= 4 is 54.7 Å². The number of hydrogen-bond acceptors (Lipinski definition) is 5. The molecule has 2 aromatic heterocycles. The van der Waals surface area contributed by atoms with Crippen molar-refractivity contribution in [1.82, 2.24) is 4.98 Å². The molecule has 0 bridgehead atoms. The number of nitrogens with one attached hydrogen (secondary N) is 1. The van der Waals surface area contributed by atoms with Gasteiger partial charge in [0, 0.05) is 17.5 Å². The van der Waals surface area contributed by atoms with Crippen molar-refractivity contribution in [3.63, 3.8) is 0 Å². The van der Waals surface area contributed by atoms with E-state index in [4.69, 9.17) is 0 Å². The predicted octanol–water partition coefficient (Wildman–Crippen LogP) is 4.23. The Morgan fingerprint density at radius 2 is 2.21 bits per heavy atom. The minimum Gasteiger partial charge on any atom is -0.369 e. The molecule has 2 heterocycles. The first-order chi connectivity index (χ1) is 9.06. The van der Waals surface area contributed by atoms with E-state index >= 15 is 0 Å². The van der Waals surface area contributed by atoms with Gasteiger partial charge in [-0.05, 0) is 50.4 Å². The molecule has 1 N–H and O–H groups in total. The van der Waals surface area contributed by atoms with Gasteiger partial charge in [0.05, 0.1) is 13.2 Å². The lowest BCUT2D eigenvalue weighted by atomic mass is 10.3. The van der Waals surface area contributed by atoms with Gasteiger partial charge < -0.3 is 5.32 Å². The highest BCUT2D eigenvalue weighted by Gasteiger charge is 2.10. The van der Waals surface area contributed by atoms with Crippen LogP contribution in [0.4, 0.5) is 11.5 Å². The molecular formula is C11H9Br2N3O2S. The summed E-state index contributed by atoms with van der Waals surface area (Å²) in [5.74, 6) is 0.612. The lowest BCUT2D eigenvalue weighted by Crippen LogP contribution is -2.06. The summed E-state index contributed by atoms with van der Waals surface area (Å²) in [6, 6.07) is 5.52. The van der Waals surface area contributed by atoms with E-state index in [-0.39, 0.29) is 5.69 Å². The van der Waals surface area contributed by atoms with Crippen molar-refractivity contribution in [2.24, 2.45) is 0 Å². The summed E-state index contributed by atoms with van der Waals surface area (Å²) in [5, 5.41) is 13.7. The van der Waals surface area contributed by atoms with Gasteiger partial charge in [-0.1, -0.05) is 0 Å². The first-order valence-electron chi connectivity index (χ1n) is 5.34. The molecule has 0 aromatic carbocycles. The molecule has 2 aromatic rings. The van der Waals surface area contributed by atoms with Crippen molar-refractivity contribution in [1.29, 1.82) is 0 Å². The SMILES string of the molecule is O=[N+]([O-])c1cnc(NCCc2ccc(Br)s2)c(Br)c1. The van der Waals surface area contributed by atoms with Gasteiger partial charge in [0.15, 0.2) is 0 Å². The van der Waals surface area contributed by atoms with Gasteiger partial charge >= 0.3 is 0 Å². The molecule has 0 fully saturated rings. The van der Waals surface area contributed by atoms with Crippen molar-refractivity contribution < 1.29 is 4.92 Å². The molecule has 0 amide bonds. The molecule has 0 atom stereocenters. The number of nitro groups is 1. The van der Waals surface area contributed by atoms with Gasteiger partial charge in [0.25, 0.3) is 5.69 Å². The molecule has 0 aliphatic heterocycles. The van der Waals surface area contributed by atoms with Crippen LogP contribution in [-0.2, 0) is 6.42 Å². The molecule has 100 valence electrons. The summed E-state index contributed by atoms with van der Waals surface area (Å²) in [4.78, 5) is 15.4. The number of nitrogens with zero attached hydrogens (tertiary/aromatic N) is 2. The number of aromatic nitrogens is 1. The lowest BCUT2D eigenvalue weighted by Gasteiger charge is -2.06. The van der Waals surface area contributed by atoms with E-state index in [2.05, 4.69) is 48.2 Å². The van der Waals surface area contributed by atoms with Gasteiger partial charge in [-0.3, -0.25) is 10.1 Å². The largest absolute Gasteiger partial charge is 0.369 e. The van der Waals surface area contributed by atoms with Crippen molar-refractivity contribution in [3.05, 3.63) is 47.6 Å². The highest BCUT2D eigenvalue weighted by molar-refractivity contribution is 9.11. The molecule has 0 aliphatic carbocycles. The summed E-state index contributed by atoms with van der Waals surface area (Å²) in [6.07, 6.45) is 2.12. The Bertz CT molecular complexity index is 603. The summed E-state index contributed by atoms with van der Waals surface area (Å²) in [5.41, 5.74) is -0.0281. The number of pyridine rings is 1. The quantitative estimate of drug-likeness (QED) is 0.595. The van der Waals surface area contributed by atoms with E-state index in [0.29, 0.717) is 10.3 Å². The fourth-order valence-electron chi connectivity index (χ4n) is 1.45. The maximum atomic E-state index is 10.6. The minimum atomic E-state index is -0.468. The highest BCUT2D eigenvalue weighted by Crippen LogP contribution is 2.25. The van der Waals surface area contributed by atoms with Crippen LogP contribution in [0.15, 0.2) is 32.7 Å². The van der Waals surface area contributed by atoms with Crippen LogP contribution in [0.2, 0.25) is 0 Å². The third-order valence-corrected chi connectivity index (χ3v) is 4.62. The predicted molar refractivity (Wildman–Crippen MR) is 82.8 cm³/mol. The van der Waals surface area contributed by atoms with Crippen LogP contribution < -0.4 is 5.32 Å². The summed E-state index contributed by atoms with van der Waals surface area (Å²) >= 11 is 8.38. The van der Waals surface area contributed by atoms with Crippen LogP contribution in [0.3, 0.4) is 0 Å². The Balaban J connectivity index is 1.94. The maximum Gasteiger partial charge on any atom is 0.288 e. The van der Waals surface area contributed by atoms with Crippen LogP contribution >= 0.6 is 43.2 Å². The smallest absolute Gasteiger partial charge is 0.288 e. The van der Waals surface area contributed by atoms with Crippen LogP contribution in [-0.4, -0.2) is 16.5 Å². The van der Waals surface area contributed by atoms with Crippen molar-refractivity contribution in [2.45, 2.75) is 6.42 Å². The number of rotatable bonds is 5. The van der Waals surface area contributed by atoms with Gasteiger partial charge in [0.2, 0.25) is 0 Å². The van der Waals surface area contributed by atoms with Crippen molar-refractivity contribution in [3.8, 4) is 0 Å². The van der Waals surface area contributed by atoms with Gasteiger partial charge in [-0.25, -0.2) is 4.98 Å². The van der Waals surface area contributed by atoms with Crippen LogP contribution in [0.25, 0.3) is 0 Å². The van der Waals surface area contributed by atoms with E-state index in [1.165, 1.54) is 17.1 Å². The average Bonchev–Trinajstić information content (AvgIpc) is 2.77. The Morgan fingerprint density at radius 1 is 1.42 bits per heavy atom. The zero-order chi connectivity index (χ0) is 13.8. The second-order valence-corrected chi connectivity index (χ2v) is 7.07. The Morgan fingerprint density at radius 3 is 2.79 bits per heavy atom. The van der Waals surface area contributed by atoms with Crippen LogP contribution in [0.5, 0.6) is 0 Å². The second-order valence-electron chi connectivity index (χ2n) is 3.66. The summed E-state index contributed by atoms with van der Waals surface area (Å²) in [6.45, 7) is 0.719. The fraction of sp³-hybridized carbons (Fsp3) is 0.182. The topological polar surface area (TPSA) is 68.1 Å². The first kappa shape index (κ1) is 14.4. The van der Waals surface area contributed by atoms with E-state index in [1.807, 2.05) is 6.07 Å². The van der Waals surface area contributed by atoms with E-state index in [9.17, 15) is 10.1 Å². The molecule has 0 aliphatic rings. The number of hydrogen-bond donors (Lipinski definition) is 1. The molecule has 0 saturated heterocycles. The fourth-order valence-corrected chi connectivity index (χ4v) is 3.41. The Kier molecular flexibility index (Phi) is 4.89. The Labute approximate surface area is 130 Å². The molecule has 0 radical (unpaired) electrons. The normalized spacial score (nSPS) is 10.4. The third kappa shape index (κ3) is 3.99. The monoisotopic (exact) mass is 405 g/mol. The number of thiophene rings is 1. The standard InChI is InChI=1S/C11H9Br2N3O2S/c12-9-5-7(16(17)18)6-15-11(9)14-4-3-8-1-2-10(13)19-8/h1-2,5-6H,3-4H2,(H,14,15). The molecule has 19 heavy (non-hydrogen) atoms. The summed E-state index contributed by atoms with van der Waals surface area (Å²) in [7, 11) is 0. The van der Waals surface area contributed by atoms with Gasteiger partial charge in [-0.15, -0.1) is 11.3 Å². The molecule has 0 unspecified atom stereocenters.